The lowest BCUT2D eigenvalue weighted by molar-refractivity contribution is -0.156. The van der Waals surface area contributed by atoms with E-state index in [9.17, 15) is 9.59 Å². The lowest BCUT2D eigenvalue weighted by Crippen LogP contribution is -2.54. The average molecular weight is 434 g/mol. The van der Waals surface area contributed by atoms with Crippen molar-refractivity contribution in [3.63, 3.8) is 0 Å². The second kappa shape index (κ2) is 9.07. The fraction of sp³-hybridized carbons (Fsp3) is 0.500. The maximum absolute atomic E-state index is 12.0. The molecular formula is C16H23IN2O4. The van der Waals surface area contributed by atoms with E-state index in [0.29, 0.717) is 4.43 Å². The summed E-state index contributed by atoms with van der Waals surface area (Å²) in [5.74, 6) is -0.553. The third kappa shape index (κ3) is 7.65. The van der Waals surface area contributed by atoms with E-state index in [1.165, 1.54) is 0 Å². The monoisotopic (exact) mass is 434 g/mol. The molecule has 0 aliphatic rings. The van der Waals surface area contributed by atoms with Crippen LogP contribution in [0.15, 0.2) is 30.3 Å². The lowest BCUT2D eigenvalue weighted by atomic mass is 10.1. The number of halogens is 1. The summed E-state index contributed by atoms with van der Waals surface area (Å²) in [6, 6.07) is 7.82. The molecule has 3 N–H and O–H groups in total. The number of carbonyl (C=O) groups excluding carboxylic acids is 2. The average Bonchev–Trinajstić information content (AvgIpc) is 2.49. The number of nitrogens with one attached hydrogen (secondary N) is 1. The highest BCUT2D eigenvalue weighted by atomic mass is 127. The van der Waals surface area contributed by atoms with E-state index in [4.69, 9.17) is 15.2 Å². The molecule has 0 radical (unpaired) electrons. The van der Waals surface area contributed by atoms with E-state index in [2.05, 4.69) is 27.9 Å². The Hall–Kier alpha value is -1.35. The zero-order chi connectivity index (χ0) is 17.5. The Morgan fingerprint density at radius 1 is 1.26 bits per heavy atom. The van der Waals surface area contributed by atoms with Gasteiger partial charge in [0, 0.05) is 4.43 Å². The molecular weight excluding hydrogens is 411 g/mol. The minimum absolute atomic E-state index is 0.155. The summed E-state index contributed by atoms with van der Waals surface area (Å²) >= 11 is 2.05. The van der Waals surface area contributed by atoms with E-state index in [0.717, 1.165) is 5.56 Å². The molecule has 1 aromatic rings. The third-order valence-corrected chi connectivity index (χ3v) is 3.74. The molecule has 1 amide bonds. The SMILES string of the molecule is CC(C)(C)OC(=O)C(N)[C@H](CI)NC(=O)OCc1ccccc1. The standard InChI is InChI=1S/C16H23IN2O4/c1-16(2,3)23-14(20)13(18)12(9-17)19-15(21)22-10-11-7-5-4-6-8-11/h4-8,12-13H,9-10,18H2,1-3H3,(H,19,21)/t12-,13?/m0/s1. The van der Waals surface area contributed by atoms with Gasteiger partial charge in [-0.3, -0.25) is 4.79 Å². The number of hydrogen-bond acceptors (Lipinski definition) is 5. The maximum atomic E-state index is 12.0. The number of esters is 1. The van der Waals surface area contributed by atoms with Crippen LogP contribution in [0.5, 0.6) is 0 Å². The summed E-state index contributed by atoms with van der Waals surface area (Å²) in [5.41, 5.74) is 6.14. The Morgan fingerprint density at radius 2 is 1.87 bits per heavy atom. The summed E-state index contributed by atoms with van der Waals surface area (Å²) < 4.78 is 10.8. The van der Waals surface area contributed by atoms with Gasteiger partial charge < -0.3 is 20.5 Å². The van der Waals surface area contributed by atoms with Gasteiger partial charge in [-0.15, -0.1) is 0 Å². The van der Waals surface area contributed by atoms with Crippen molar-refractivity contribution in [2.75, 3.05) is 4.43 Å². The van der Waals surface area contributed by atoms with Crippen LogP contribution in [0.25, 0.3) is 0 Å². The second-order valence-electron chi connectivity index (χ2n) is 6.03. The molecule has 0 aliphatic heterocycles. The summed E-state index contributed by atoms with van der Waals surface area (Å²) in [5, 5.41) is 2.61. The Balaban J connectivity index is 2.51. The van der Waals surface area contributed by atoms with Gasteiger partial charge in [0.1, 0.15) is 18.2 Å². The molecule has 6 nitrogen and oxygen atoms in total. The van der Waals surface area contributed by atoms with Crippen LogP contribution in [0, 0.1) is 0 Å². The molecule has 0 bridgehead atoms. The van der Waals surface area contributed by atoms with Gasteiger partial charge in [0.15, 0.2) is 0 Å². The highest BCUT2D eigenvalue weighted by Gasteiger charge is 2.30. The van der Waals surface area contributed by atoms with Crippen molar-refractivity contribution in [3.8, 4) is 0 Å². The van der Waals surface area contributed by atoms with Crippen LogP contribution in [-0.4, -0.2) is 34.2 Å². The largest absolute Gasteiger partial charge is 0.459 e. The van der Waals surface area contributed by atoms with Crippen molar-refractivity contribution in [1.29, 1.82) is 0 Å². The fourth-order valence-corrected chi connectivity index (χ4v) is 2.44. The third-order valence-electron chi connectivity index (χ3n) is 2.79. The molecule has 0 saturated heterocycles. The lowest BCUT2D eigenvalue weighted by Gasteiger charge is -2.26. The van der Waals surface area contributed by atoms with Crippen molar-refractivity contribution in [1.82, 2.24) is 5.32 Å². The van der Waals surface area contributed by atoms with Gasteiger partial charge in [0.2, 0.25) is 0 Å². The molecule has 0 saturated carbocycles. The molecule has 0 fully saturated rings. The minimum Gasteiger partial charge on any atom is -0.459 e. The van der Waals surface area contributed by atoms with Crippen molar-refractivity contribution in [3.05, 3.63) is 35.9 Å². The Bertz CT molecular complexity index is 517. The van der Waals surface area contributed by atoms with Gasteiger partial charge in [0.05, 0.1) is 6.04 Å². The Morgan fingerprint density at radius 3 is 2.39 bits per heavy atom. The normalized spacial score (nSPS) is 13.8. The summed E-state index contributed by atoms with van der Waals surface area (Å²) in [7, 11) is 0. The number of benzene rings is 1. The van der Waals surface area contributed by atoms with Crippen LogP contribution < -0.4 is 11.1 Å². The first-order chi connectivity index (χ1) is 10.7. The number of alkyl halides is 1. The molecule has 1 aromatic carbocycles. The first kappa shape index (κ1) is 19.7. The molecule has 0 spiro atoms. The number of rotatable bonds is 6. The molecule has 0 heterocycles. The van der Waals surface area contributed by atoms with E-state index in [1.807, 2.05) is 30.3 Å². The molecule has 23 heavy (non-hydrogen) atoms. The van der Waals surface area contributed by atoms with Crippen LogP contribution in [0.2, 0.25) is 0 Å². The van der Waals surface area contributed by atoms with Gasteiger partial charge in [-0.2, -0.15) is 0 Å². The highest BCUT2D eigenvalue weighted by Crippen LogP contribution is 2.10. The molecule has 2 atom stereocenters. The van der Waals surface area contributed by atoms with Crippen LogP contribution in [0.3, 0.4) is 0 Å². The predicted molar refractivity (Wildman–Crippen MR) is 96.3 cm³/mol. The minimum atomic E-state index is -0.949. The smallest absolute Gasteiger partial charge is 0.407 e. The Labute approximate surface area is 150 Å². The number of amides is 1. The zero-order valence-electron chi connectivity index (χ0n) is 13.5. The first-order valence-electron chi connectivity index (χ1n) is 7.24. The second-order valence-corrected chi connectivity index (χ2v) is 6.91. The highest BCUT2D eigenvalue weighted by molar-refractivity contribution is 14.1. The van der Waals surface area contributed by atoms with Crippen LogP contribution in [0.4, 0.5) is 4.79 Å². The van der Waals surface area contributed by atoms with Gasteiger partial charge >= 0.3 is 12.1 Å². The zero-order valence-corrected chi connectivity index (χ0v) is 15.7. The topological polar surface area (TPSA) is 90.6 Å². The maximum Gasteiger partial charge on any atom is 0.407 e. The Kier molecular flexibility index (Phi) is 7.77. The van der Waals surface area contributed by atoms with E-state index < -0.39 is 29.7 Å². The molecule has 1 unspecified atom stereocenters. The molecule has 1 rings (SSSR count). The van der Waals surface area contributed by atoms with Gasteiger partial charge in [-0.1, -0.05) is 52.9 Å². The van der Waals surface area contributed by atoms with Gasteiger partial charge in [-0.25, -0.2) is 4.79 Å². The van der Waals surface area contributed by atoms with E-state index in [1.54, 1.807) is 20.8 Å². The number of carbonyl (C=O) groups is 2. The van der Waals surface area contributed by atoms with Crippen molar-refractivity contribution in [2.45, 2.75) is 45.1 Å². The number of nitrogens with two attached hydrogens (primary N) is 1. The van der Waals surface area contributed by atoms with Gasteiger partial charge in [-0.05, 0) is 26.3 Å². The molecule has 7 heteroatoms. The van der Waals surface area contributed by atoms with Crippen molar-refractivity contribution >= 4 is 34.7 Å². The van der Waals surface area contributed by atoms with E-state index in [-0.39, 0.29) is 6.61 Å². The number of hydrogen-bond donors (Lipinski definition) is 2. The van der Waals surface area contributed by atoms with Crippen LogP contribution >= 0.6 is 22.6 Å². The molecule has 0 aromatic heterocycles. The van der Waals surface area contributed by atoms with Gasteiger partial charge in [0.25, 0.3) is 0 Å². The molecule has 128 valence electrons. The number of ether oxygens (including phenoxy) is 2. The predicted octanol–water partition coefficient (Wildman–Crippen LogP) is 2.39. The van der Waals surface area contributed by atoms with Crippen LogP contribution in [-0.2, 0) is 20.9 Å². The summed E-state index contributed by atoms with van der Waals surface area (Å²) in [6.45, 7) is 5.44. The van der Waals surface area contributed by atoms with Crippen molar-refractivity contribution < 1.29 is 19.1 Å². The fourth-order valence-electron chi connectivity index (χ4n) is 1.67. The summed E-state index contributed by atoms with van der Waals surface area (Å²) in [4.78, 5) is 23.8. The summed E-state index contributed by atoms with van der Waals surface area (Å²) in [6.07, 6.45) is -0.616. The van der Waals surface area contributed by atoms with Crippen molar-refractivity contribution in [2.24, 2.45) is 5.73 Å². The number of alkyl carbamates (subject to hydrolysis) is 1. The first-order valence-corrected chi connectivity index (χ1v) is 8.77. The quantitative estimate of drug-likeness (QED) is 0.408. The van der Waals surface area contributed by atoms with Crippen LogP contribution in [0.1, 0.15) is 26.3 Å². The molecule has 0 aliphatic carbocycles. The van der Waals surface area contributed by atoms with E-state index >= 15 is 0 Å².